The summed E-state index contributed by atoms with van der Waals surface area (Å²) in [5, 5.41) is 1.93. The summed E-state index contributed by atoms with van der Waals surface area (Å²) in [6.45, 7) is 1.75. The molecule has 152 valence electrons. The van der Waals surface area contributed by atoms with Crippen molar-refractivity contribution in [3.8, 4) is 23.0 Å². The van der Waals surface area contributed by atoms with E-state index in [0.29, 0.717) is 39.7 Å². The van der Waals surface area contributed by atoms with Crippen molar-refractivity contribution in [1.82, 2.24) is 0 Å². The van der Waals surface area contributed by atoms with Crippen LogP contribution in [0.3, 0.4) is 0 Å². The monoisotopic (exact) mass is 422 g/mol. The maximum Gasteiger partial charge on any atom is 0.343 e. The number of carbonyl (C=O) groups excluding carboxylic acids is 2. The molecule has 4 rings (SSSR count). The van der Waals surface area contributed by atoms with Crippen molar-refractivity contribution < 1.29 is 28.5 Å². The number of esters is 1. The van der Waals surface area contributed by atoms with E-state index in [2.05, 4.69) is 0 Å². The van der Waals surface area contributed by atoms with Crippen molar-refractivity contribution in [2.75, 3.05) is 14.2 Å². The van der Waals surface area contributed by atoms with Crippen LogP contribution in [0.5, 0.6) is 23.0 Å². The van der Waals surface area contributed by atoms with E-state index in [1.165, 1.54) is 25.6 Å². The van der Waals surface area contributed by atoms with Gasteiger partial charge < -0.3 is 18.9 Å². The van der Waals surface area contributed by atoms with Gasteiger partial charge in [0, 0.05) is 16.5 Å². The maximum absolute atomic E-state index is 12.6. The van der Waals surface area contributed by atoms with E-state index in [1.54, 1.807) is 43.3 Å². The van der Waals surface area contributed by atoms with Crippen LogP contribution >= 0.6 is 11.3 Å². The lowest BCUT2D eigenvalue weighted by Crippen LogP contribution is -2.10. The topological polar surface area (TPSA) is 71.1 Å². The second kappa shape index (κ2) is 8.04. The molecule has 3 aromatic rings. The third-order valence-corrected chi connectivity index (χ3v) is 5.49. The van der Waals surface area contributed by atoms with Crippen LogP contribution in [-0.4, -0.2) is 26.0 Å². The normalized spacial score (nSPS) is 13.7. The molecule has 0 atom stereocenters. The molecule has 0 radical (unpaired) electrons. The molecular weight excluding hydrogens is 404 g/mol. The van der Waals surface area contributed by atoms with Gasteiger partial charge >= 0.3 is 5.97 Å². The largest absolute Gasteiger partial charge is 0.493 e. The fraction of sp³-hybridized carbons (Fsp3) is 0.130. The number of hydrogen-bond donors (Lipinski definition) is 0. The van der Waals surface area contributed by atoms with Gasteiger partial charge in [-0.1, -0.05) is 6.07 Å². The second-order valence-corrected chi connectivity index (χ2v) is 7.46. The molecule has 0 fully saturated rings. The predicted molar refractivity (Wildman–Crippen MR) is 113 cm³/mol. The summed E-state index contributed by atoms with van der Waals surface area (Å²) in [4.78, 5) is 26.2. The number of methoxy groups -OCH3 is 2. The van der Waals surface area contributed by atoms with Crippen LogP contribution in [-0.2, 0) is 0 Å². The lowest BCUT2D eigenvalue weighted by molar-refractivity contribution is 0.0732. The minimum atomic E-state index is -0.558. The van der Waals surface area contributed by atoms with E-state index in [4.69, 9.17) is 18.9 Å². The van der Waals surface area contributed by atoms with Gasteiger partial charge in [-0.2, -0.15) is 0 Å². The molecule has 2 heterocycles. The maximum atomic E-state index is 12.6. The van der Waals surface area contributed by atoms with Gasteiger partial charge in [0.2, 0.25) is 5.78 Å². The number of benzene rings is 2. The van der Waals surface area contributed by atoms with Gasteiger partial charge in [0.25, 0.3) is 0 Å². The van der Waals surface area contributed by atoms with Crippen LogP contribution in [0.1, 0.15) is 31.2 Å². The average molecular weight is 422 g/mol. The van der Waals surface area contributed by atoms with E-state index in [0.717, 1.165) is 4.88 Å². The zero-order chi connectivity index (χ0) is 21.3. The molecule has 0 amide bonds. The molecule has 7 heteroatoms. The van der Waals surface area contributed by atoms with Crippen molar-refractivity contribution in [3.63, 3.8) is 0 Å². The van der Waals surface area contributed by atoms with Gasteiger partial charge in [-0.15, -0.1) is 11.3 Å². The highest BCUT2D eigenvalue weighted by molar-refractivity contribution is 7.10. The quantitative estimate of drug-likeness (QED) is 0.331. The summed E-state index contributed by atoms with van der Waals surface area (Å²) in [6.07, 6.45) is 1.71. The van der Waals surface area contributed by atoms with Crippen molar-refractivity contribution in [1.29, 1.82) is 0 Å². The van der Waals surface area contributed by atoms with Gasteiger partial charge in [0.1, 0.15) is 11.5 Å². The third kappa shape index (κ3) is 3.55. The van der Waals surface area contributed by atoms with Crippen molar-refractivity contribution >= 4 is 29.2 Å². The molecule has 0 spiro atoms. The van der Waals surface area contributed by atoms with Crippen LogP contribution in [0.25, 0.3) is 6.08 Å². The number of fused-ring (bicyclic) bond motifs is 1. The number of ketones is 1. The summed E-state index contributed by atoms with van der Waals surface area (Å²) in [5.74, 6) is 1.16. The molecule has 1 aliphatic heterocycles. The molecule has 0 saturated carbocycles. The van der Waals surface area contributed by atoms with Crippen LogP contribution in [0.4, 0.5) is 0 Å². The number of thiophene rings is 1. The molecule has 0 bridgehead atoms. The Balaban J connectivity index is 1.60. The van der Waals surface area contributed by atoms with Crippen molar-refractivity contribution in [2.24, 2.45) is 0 Å². The summed E-state index contributed by atoms with van der Waals surface area (Å²) in [6, 6.07) is 11.8. The highest BCUT2D eigenvalue weighted by Crippen LogP contribution is 2.40. The fourth-order valence-electron chi connectivity index (χ4n) is 3.10. The van der Waals surface area contributed by atoms with Gasteiger partial charge in [-0.25, -0.2) is 4.79 Å². The standard InChI is InChI=1S/C23H18O6S/c1-13-17(29-23(25)14-6-8-18(26-2)19(11-14)27-3)9-7-16-21(24)20(28-22(13)16)12-15-5-4-10-30-15/h4-12H,1-3H3/b20-12-. The Morgan fingerprint density at radius 1 is 1.03 bits per heavy atom. The number of rotatable bonds is 5. The molecule has 0 N–H and O–H groups in total. The summed E-state index contributed by atoms with van der Waals surface area (Å²) in [5.41, 5.74) is 1.33. The summed E-state index contributed by atoms with van der Waals surface area (Å²) >= 11 is 1.51. The van der Waals surface area contributed by atoms with Gasteiger partial charge in [-0.3, -0.25) is 4.79 Å². The molecule has 0 saturated heterocycles. The lowest BCUT2D eigenvalue weighted by Gasteiger charge is -2.12. The minimum absolute atomic E-state index is 0.195. The lowest BCUT2D eigenvalue weighted by atomic mass is 10.1. The van der Waals surface area contributed by atoms with E-state index in [9.17, 15) is 9.59 Å². The first-order chi connectivity index (χ1) is 14.5. The van der Waals surface area contributed by atoms with Crippen molar-refractivity contribution in [3.05, 3.63) is 75.2 Å². The zero-order valence-corrected chi connectivity index (χ0v) is 17.4. The van der Waals surface area contributed by atoms with Gasteiger partial charge in [0.05, 0.1) is 25.3 Å². The van der Waals surface area contributed by atoms with Gasteiger partial charge in [-0.05, 0) is 48.7 Å². The Hall–Kier alpha value is -3.58. The van der Waals surface area contributed by atoms with E-state index in [1.807, 2.05) is 17.5 Å². The van der Waals surface area contributed by atoms with Gasteiger partial charge in [0.15, 0.2) is 17.3 Å². The predicted octanol–water partition coefficient (Wildman–Crippen LogP) is 4.91. The van der Waals surface area contributed by atoms with E-state index in [-0.39, 0.29) is 11.5 Å². The van der Waals surface area contributed by atoms with Crippen LogP contribution in [0.15, 0.2) is 53.6 Å². The van der Waals surface area contributed by atoms with Crippen LogP contribution in [0.2, 0.25) is 0 Å². The Morgan fingerprint density at radius 2 is 1.80 bits per heavy atom. The first kappa shape index (κ1) is 19.7. The molecule has 6 nitrogen and oxygen atoms in total. The fourth-order valence-corrected chi connectivity index (χ4v) is 3.75. The van der Waals surface area contributed by atoms with E-state index < -0.39 is 5.97 Å². The average Bonchev–Trinajstić information content (AvgIpc) is 3.38. The number of ether oxygens (including phenoxy) is 4. The molecule has 1 aromatic heterocycles. The molecular formula is C23H18O6S. The number of allylic oxidation sites excluding steroid dienone is 1. The second-order valence-electron chi connectivity index (χ2n) is 6.48. The third-order valence-electron chi connectivity index (χ3n) is 4.68. The zero-order valence-electron chi connectivity index (χ0n) is 16.6. The number of carbonyl (C=O) groups is 2. The molecule has 0 aliphatic carbocycles. The molecule has 0 unspecified atom stereocenters. The van der Waals surface area contributed by atoms with Crippen LogP contribution in [0, 0.1) is 6.92 Å². The molecule has 2 aromatic carbocycles. The van der Waals surface area contributed by atoms with Crippen LogP contribution < -0.4 is 18.9 Å². The molecule has 1 aliphatic rings. The Kier molecular flexibility index (Phi) is 5.29. The Morgan fingerprint density at radius 3 is 2.50 bits per heavy atom. The first-order valence-electron chi connectivity index (χ1n) is 9.07. The Labute approximate surface area is 177 Å². The van der Waals surface area contributed by atoms with Crippen molar-refractivity contribution in [2.45, 2.75) is 6.92 Å². The highest BCUT2D eigenvalue weighted by atomic mass is 32.1. The number of Topliss-reactive ketones (excluding diaryl/α,β-unsaturated/α-hetero) is 1. The summed E-state index contributed by atoms with van der Waals surface area (Å²) in [7, 11) is 3.01. The summed E-state index contributed by atoms with van der Waals surface area (Å²) < 4.78 is 21.8. The highest BCUT2D eigenvalue weighted by Gasteiger charge is 2.30. The SMILES string of the molecule is COc1ccc(C(=O)Oc2ccc3c(c2C)O/C(=C\c2cccs2)C3=O)cc1OC. The van der Waals surface area contributed by atoms with E-state index >= 15 is 0 Å². The Bertz CT molecular complexity index is 1160. The molecule has 30 heavy (non-hydrogen) atoms. The smallest absolute Gasteiger partial charge is 0.343 e. The first-order valence-corrected chi connectivity index (χ1v) is 9.95. The number of hydrogen-bond acceptors (Lipinski definition) is 7. The minimum Gasteiger partial charge on any atom is -0.493 e.